The lowest BCUT2D eigenvalue weighted by atomic mass is 9.81. The molecule has 2 fully saturated rings. The van der Waals surface area contributed by atoms with Crippen molar-refractivity contribution in [2.45, 2.75) is 39.2 Å². The van der Waals surface area contributed by atoms with Crippen LogP contribution < -0.4 is 5.32 Å². The second kappa shape index (κ2) is 7.77. The Balaban J connectivity index is 1.36. The van der Waals surface area contributed by atoms with Gasteiger partial charge in [-0.25, -0.2) is 9.37 Å². The molecule has 2 aliphatic rings. The smallest absolute Gasteiger partial charge is 0.240 e. The molecule has 1 saturated carbocycles. The average molecular weight is 398 g/mol. The Morgan fingerprint density at radius 1 is 1.21 bits per heavy atom. The molecular formula is C21H23FN4O3. The van der Waals surface area contributed by atoms with Gasteiger partial charge >= 0.3 is 0 Å². The van der Waals surface area contributed by atoms with Crippen LogP contribution in [0.5, 0.6) is 0 Å². The summed E-state index contributed by atoms with van der Waals surface area (Å²) in [6.45, 7) is 1.62. The van der Waals surface area contributed by atoms with E-state index in [1.807, 2.05) is 0 Å². The zero-order chi connectivity index (χ0) is 20.5. The number of benzene rings is 1. The van der Waals surface area contributed by atoms with Gasteiger partial charge in [-0.05, 0) is 37.5 Å². The third-order valence-electron chi connectivity index (χ3n) is 5.82. The van der Waals surface area contributed by atoms with Crippen molar-refractivity contribution in [3.8, 4) is 5.69 Å². The topological polar surface area (TPSA) is 84.3 Å². The molecule has 2 aromatic rings. The molecule has 4 rings (SSSR count). The summed E-state index contributed by atoms with van der Waals surface area (Å²) in [5, 5.41) is 2.67. The van der Waals surface area contributed by atoms with Crippen LogP contribution in [0.2, 0.25) is 0 Å². The first-order chi connectivity index (χ1) is 14.0. The van der Waals surface area contributed by atoms with Gasteiger partial charge in [-0.1, -0.05) is 18.9 Å². The summed E-state index contributed by atoms with van der Waals surface area (Å²) in [6.07, 6.45) is 6.60. The maximum absolute atomic E-state index is 14.5. The minimum Gasteiger partial charge on any atom is -0.350 e. The fourth-order valence-corrected chi connectivity index (χ4v) is 4.28. The number of aryl methyl sites for hydroxylation is 1. The largest absolute Gasteiger partial charge is 0.350 e. The maximum Gasteiger partial charge on any atom is 0.240 e. The van der Waals surface area contributed by atoms with E-state index in [0.717, 1.165) is 30.6 Å². The van der Waals surface area contributed by atoms with Crippen molar-refractivity contribution in [3.05, 3.63) is 47.8 Å². The van der Waals surface area contributed by atoms with Gasteiger partial charge in [0.15, 0.2) is 0 Å². The number of rotatable bonds is 5. The van der Waals surface area contributed by atoms with Crippen molar-refractivity contribution < 1.29 is 18.8 Å². The number of hydrogen-bond donors (Lipinski definition) is 1. The number of imidazole rings is 1. The quantitative estimate of drug-likeness (QED) is 0.782. The van der Waals surface area contributed by atoms with Gasteiger partial charge in [0.2, 0.25) is 17.7 Å². The van der Waals surface area contributed by atoms with Gasteiger partial charge in [0.05, 0.1) is 17.5 Å². The molecule has 3 amide bonds. The summed E-state index contributed by atoms with van der Waals surface area (Å²) in [5.74, 6) is -1.19. The Morgan fingerprint density at radius 2 is 1.90 bits per heavy atom. The zero-order valence-corrected chi connectivity index (χ0v) is 16.2. The van der Waals surface area contributed by atoms with Gasteiger partial charge in [-0.2, -0.15) is 0 Å². The van der Waals surface area contributed by atoms with E-state index in [-0.39, 0.29) is 36.7 Å². The van der Waals surface area contributed by atoms with Crippen LogP contribution in [0.15, 0.2) is 30.6 Å². The van der Waals surface area contributed by atoms with Crippen molar-refractivity contribution in [1.82, 2.24) is 19.8 Å². The second-order valence-corrected chi connectivity index (χ2v) is 7.67. The van der Waals surface area contributed by atoms with Crippen molar-refractivity contribution in [2.75, 3.05) is 6.54 Å². The number of likely N-dealkylation sites (tertiary alicyclic amines) is 1. The van der Waals surface area contributed by atoms with Crippen molar-refractivity contribution in [3.63, 3.8) is 0 Å². The Kier molecular flexibility index (Phi) is 5.17. The van der Waals surface area contributed by atoms with Crippen LogP contribution in [0.1, 0.15) is 37.1 Å². The fourth-order valence-electron chi connectivity index (χ4n) is 4.28. The summed E-state index contributed by atoms with van der Waals surface area (Å²) >= 11 is 0. The molecule has 1 aromatic heterocycles. The number of carbonyl (C=O) groups excluding carboxylic acids is 3. The highest BCUT2D eigenvalue weighted by molar-refractivity contribution is 6.07. The summed E-state index contributed by atoms with van der Waals surface area (Å²) < 4.78 is 16.1. The van der Waals surface area contributed by atoms with Crippen LogP contribution in [-0.2, 0) is 20.9 Å². The van der Waals surface area contributed by atoms with Gasteiger partial charge in [-0.15, -0.1) is 0 Å². The molecule has 2 atom stereocenters. The van der Waals surface area contributed by atoms with Gasteiger partial charge in [0.1, 0.15) is 18.2 Å². The Hall–Kier alpha value is -3.03. The Morgan fingerprint density at radius 3 is 2.48 bits per heavy atom. The number of aromatic nitrogens is 2. The van der Waals surface area contributed by atoms with E-state index in [1.54, 1.807) is 36.0 Å². The number of nitrogens with one attached hydrogen (secondary N) is 1. The van der Waals surface area contributed by atoms with Crippen LogP contribution in [0.3, 0.4) is 0 Å². The number of nitrogens with zero attached hydrogens (tertiary/aromatic N) is 3. The molecular weight excluding hydrogens is 375 g/mol. The van der Waals surface area contributed by atoms with Crippen molar-refractivity contribution in [2.24, 2.45) is 11.8 Å². The highest BCUT2D eigenvalue weighted by Gasteiger charge is 2.48. The lowest BCUT2D eigenvalue weighted by Crippen LogP contribution is -2.40. The van der Waals surface area contributed by atoms with E-state index >= 15 is 0 Å². The molecule has 1 aliphatic heterocycles. The molecule has 8 heteroatoms. The SMILES string of the molecule is Cc1nccn1-c1ccc(CNC(=O)CN2C(=O)C3CCCCC3C2=O)cc1F. The van der Waals surface area contributed by atoms with Crippen LogP contribution in [0.4, 0.5) is 4.39 Å². The molecule has 1 aromatic carbocycles. The highest BCUT2D eigenvalue weighted by atomic mass is 19.1. The number of imide groups is 1. The predicted octanol–water partition coefficient (Wildman–Crippen LogP) is 2.11. The molecule has 2 unspecified atom stereocenters. The number of fused-ring (bicyclic) bond motifs is 1. The zero-order valence-electron chi connectivity index (χ0n) is 16.2. The first kappa shape index (κ1) is 19.3. The van der Waals surface area contributed by atoms with E-state index in [1.165, 1.54) is 6.07 Å². The Bertz CT molecular complexity index is 947. The molecule has 7 nitrogen and oxygen atoms in total. The van der Waals surface area contributed by atoms with E-state index in [9.17, 15) is 18.8 Å². The van der Waals surface area contributed by atoms with Gasteiger partial charge in [-0.3, -0.25) is 19.3 Å². The molecule has 2 heterocycles. The second-order valence-electron chi connectivity index (χ2n) is 7.67. The minimum absolute atomic E-state index is 0.113. The van der Waals surface area contributed by atoms with E-state index in [4.69, 9.17) is 0 Å². The van der Waals surface area contributed by atoms with Crippen molar-refractivity contribution in [1.29, 1.82) is 0 Å². The number of halogens is 1. The third-order valence-corrected chi connectivity index (χ3v) is 5.82. The van der Waals surface area contributed by atoms with E-state index < -0.39 is 11.7 Å². The van der Waals surface area contributed by atoms with Gasteiger partial charge in [0, 0.05) is 18.9 Å². The summed E-state index contributed by atoms with van der Waals surface area (Å²) in [5.41, 5.74) is 0.969. The average Bonchev–Trinajstić information content (AvgIpc) is 3.24. The molecule has 0 radical (unpaired) electrons. The highest BCUT2D eigenvalue weighted by Crippen LogP contribution is 2.37. The molecule has 29 heavy (non-hydrogen) atoms. The van der Waals surface area contributed by atoms with Gasteiger partial charge < -0.3 is 9.88 Å². The van der Waals surface area contributed by atoms with Crippen LogP contribution >= 0.6 is 0 Å². The normalized spacial score (nSPS) is 21.4. The molecule has 1 saturated heterocycles. The van der Waals surface area contributed by atoms with Crippen LogP contribution in [0, 0.1) is 24.6 Å². The Labute approximate surface area is 167 Å². The number of hydrogen-bond acceptors (Lipinski definition) is 4. The standard InChI is InChI=1S/C21H23FN4O3/c1-13-23-8-9-25(13)18-7-6-14(10-17(18)22)11-24-19(27)12-26-20(28)15-4-2-3-5-16(15)21(26)29/h6-10,15-16H,2-5,11-12H2,1H3,(H,24,27). The van der Waals surface area contributed by atoms with Crippen LogP contribution in [-0.4, -0.2) is 38.7 Å². The monoisotopic (exact) mass is 398 g/mol. The maximum atomic E-state index is 14.5. The van der Waals surface area contributed by atoms with Gasteiger partial charge in [0.25, 0.3) is 0 Å². The van der Waals surface area contributed by atoms with Crippen LogP contribution in [0.25, 0.3) is 5.69 Å². The molecule has 1 N–H and O–H groups in total. The summed E-state index contributed by atoms with van der Waals surface area (Å²) in [4.78, 5) is 42.4. The minimum atomic E-state index is -0.430. The summed E-state index contributed by atoms with van der Waals surface area (Å²) in [6, 6.07) is 4.71. The summed E-state index contributed by atoms with van der Waals surface area (Å²) in [7, 11) is 0. The molecule has 0 spiro atoms. The molecule has 152 valence electrons. The first-order valence-corrected chi connectivity index (χ1v) is 9.86. The van der Waals surface area contributed by atoms with E-state index in [0.29, 0.717) is 17.1 Å². The number of amides is 3. The fraction of sp³-hybridized carbons (Fsp3) is 0.429. The van der Waals surface area contributed by atoms with Crippen molar-refractivity contribution >= 4 is 17.7 Å². The number of carbonyl (C=O) groups is 3. The third kappa shape index (κ3) is 3.66. The first-order valence-electron chi connectivity index (χ1n) is 9.86. The molecule has 1 aliphatic carbocycles. The van der Waals surface area contributed by atoms with E-state index in [2.05, 4.69) is 10.3 Å². The molecule has 0 bridgehead atoms. The lowest BCUT2D eigenvalue weighted by Gasteiger charge is -2.19. The predicted molar refractivity (Wildman–Crippen MR) is 102 cm³/mol. The lowest BCUT2D eigenvalue weighted by molar-refractivity contribution is -0.143.